The Kier molecular flexibility index (Phi) is 14.2. The molecule has 0 atom stereocenters. The predicted molar refractivity (Wildman–Crippen MR) is 180 cm³/mol. The molecule has 0 aromatic rings. The van der Waals surface area contributed by atoms with E-state index in [-0.39, 0.29) is 35.6 Å². The minimum Gasteiger partial charge on any atom is -1.00 e. The normalized spacial score (nSPS) is 22.0. The fraction of sp³-hybridized carbons (Fsp3) is 0.556. The Labute approximate surface area is 282 Å². The van der Waals surface area contributed by atoms with Crippen molar-refractivity contribution in [1.82, 2.24) is 0 Å². The SMILES string of the molecule is CC1=C(C)C(C)(C)C(C2=C(C)C(C)=C(C)C2(C)C)=C1C.[CH3][Zr+2]([CH3])([CH3])([CH3])[C]1=CC=CC1.[CH3][Zr]([CH3])([Cl])([Cl])[C]1=CC=CC1.[Cl-].[Cl-]. The zero-order chi connectivity index (χ0) is 31.3. The maximum Gasteiger partial charge on any atom is -1.00 e. The third-order valence-electron chi connectivity index (χ3n) is 10.1. The first-order chi connectivity index (χ1) is 17.7. The van der Waals surface area contributed by atoms with Crippen molar-refractivity contribution in [3.63, 3.8) is 0 Å². The molecule has 6 heteroatoms. The maximum absolute atomic E-state index is 6.26. The number of halogens is 4. The molecule has 0 saturated heterocycles. The third kappa shape index (κ3) is 9.45. The molecule has 0 aromatic heterocycles. The van der Waals surface area contributed by atoms with Crippen LogP contribution in [0.4, 0.5) is 0 Å². The first kappa shape index (κ1) is 42.8. The van der Waals surface area contributed by atoms with E-state index in [9.17, 15) is 0 Å². The number of rotatable bonds is 3. The summed E-state index contributed by atoms with van der Waals surface area (Å²) >= 11 is -5.46. The van der Waals surface area contributed by atoms with Gasteiger partial charge in [-0.2, -0.15) is 0 Å². The molecule has 0 spiro atoms. The van der Waals surface area contributed by atoms with Crippen molar-refractivity contribution in [3.8, 4) is 0 Å². The minimum atomic E-state index is -3.26. The van der Waals surface area contributed by atoms with E-state index in [2.05, 4.69) is 118 Å². The average molecular weight is 815 g/mol. The largest absolute Gasteiger partial charge is 1.00 e. The van der Waals surface area contributed by atoms with Crippen molar-refractivity contribution < 1.29 is 60.0 Å². The molecule has 238 valence electrons. The zero-order valence-corrected chi connectivity index (χ0v) is 37.3. The third-order valence-corrected chi connectivity index (χ3v) is 25.4. The van der Waals surface area contributed by atoms with Gasteiger partial charge < -0.3 is 24.8 Å². The second kappa shape index (κ2) is 13.9. The van der Waals surface area contributed by atoms with E-state index in [0.717, 1.165) is 6.42 Å². The van der Waals surface area contributed by atoms with Gasteiger partial charge in [0.1, 0.15) is 0 Å². The van der Waals surface area contributed by atoms with Gasteiger partial charge in [-0.05, 0) is 75.0 Å². The molecule has 0 unspecified atom stereocenters. The van der Waals surface area contributed by atoms with E-state index >= 15 is 0 Å². The monoisotopic (exact) mass is 810 g/mol. The molecule has 4 rings (SSSR count). The second-order valence-corrected chi connectivity index (χ2v) is 63.7. The van der Waals surface area contributed by atoms with Crippen molar-refractivity contribution in [2.24, 2.45) is 10.8 Å². The van der Waals surface area contributed by atoms with Crippen molar-refractivity contribution in [2.75, 3.05) is 0 Å². The van der Waals surface area contributed by atoms with Gasteiger partial charge in [-0.1, -0.05) is 38.8 Å². The molecule has 4 aliphatic carbocycles. The quantitative estimate of drug-likeness (QED) is 0.271. The molecular formula is C36H58Cl4Zr2. The van der Waals surface area contributed by atoms with Crippen LogP contribution < -0.4 is 24.8 Å². The molecule has 0 nitrogen and oxygen atoms in total. The summed E-state index contributed by atoms with van der Waals surface area (Å²) in [5.74, 6) is 0. The molecule has 0 amide bonds. The molecule has 0 N–H and O–H groups in total. The smallest absolute Gasteiger partial charge is 1.00 e. The van der Waals surface area contributed by atoms with Gasteiger partial charge in [0.15, 0.2) is 0 Å². The molecule has 0 heterocycles. The molecule has 0 aliphatic heterocycles. The summed E-state index contributed by atoms with van der Waals surface area (Å²) in [6, 6.07) is 0. The van der Waals surface area contributed by atoms with Crippen LogP contribution in [0.15, 0.2) is 87.6 Å². The van der Waals surface area contributed by atoms with Gasteiger partial charge in [0.25, 0.3) is 0 Å². The molecule has 4 aliphatic rings. The number of hydrogen-bond acceptors (Lipinski definition) is 0. The van der Waals surface area contributed by atoms with Crippen molar-refractivity contribution in [2.45, 2.75) is 110 Å². The Balaban J connectivity index is 0.000000648. The van der Waals surface area contributed by atoms with E-state index in [4.69, 9.17) is 17.0 Å². The van der Waals surface area contributed by atoms with Crippen LogP contribution in [0.1, 0.15) is 82.1 Å². The van der Waals surface area contributed by atoms with Crippen LogP contribution in [0.25, 0.3) is 0 Å². The minimum absolute atomic E-state index is 0. The van der Waals surface area contributed by atoms with E-state index < -0.39 is 35.2 Å². The Morgan fingerprint density at radius 3 is 1.14 bits per heavy atom. The summed E-state index contributed by atoms with van der Waals surface area (Å²) < 4.78 is 17.0. The first-order valence-corrected chi connectivity index (χ1v) is 38.6. The summed E-state index contributed by atoms with van der Waals surface area (Å²) in [4.78, 5) is 0. The van der Waals surface area contributed by atoms with Crippen molar-refractivity contribution in [3.05, 3.63) is 87.6 Å². The molecule has 0 aromatic carbocycles. The van der Waals surface area contributed by atoms with E-state index in [1.54, 1.807) is 14.4 Å². The van der Waals surface area contributed by atoms with Gasteiger partial charge in [-0.15, -0.1) is 0 Å². The van der Waals surface area contributed by atoms with Crippen molar-refractivity contribution >= 4 is 17.0 Å². The predicted octanol–water partition coefficient (Wildman–Crippen LogP) is 8.02. The van der Waals surface area contributed by atoms with Crippen LogP contribution >= 0.6 is 17.0 Å². The molecule has 0 bridgehead atoms. The fourth-order valence-corrected chi connectivity index (χ4v) is 15.2. The Morgan fingerprint density at radius 1 is 0.619 bits per heavy atom. The van der Waals surface area contributed by atoms with Gasteiger partial charge in [0.2, 0.25) is 0 Å². The number of hydrogen-bond donors (Lipinski definition) is 0. The molecule has 0 radical (unpaired) electrons. The maximum atomic E-state index is 6.26. The van der Waals surface area contributed by atoms with Gasteiger partial charge >= 0.3 is 136 Å². The van der Waals surface area contributed by atoms with Gasteiger partial charge in [-0.3, -0.25) is 0 Å². The Hall–Kier alpha value is 0.846. The van der Waals surface area contributed by atoms with Crippen LogP contribution in [0.5, 0.6) is 0 Å². The summed E-state index contributed by atoms with van der Waals surface area (Å²) in [5.41, 5.74) is 12.5. The molecule has 42 heavy (non-hydrogen) atoms. The summed E-state index contributed by atoms with van der Waals surface area (Å²) in [6.07, 6.45) is 15.2. The van der Waals surface area contributed by atoms with Crippen molar-refractivity contribution in [1.29, 1.82) is 0 Å². The fourth-order valence-electron chi connectivity index (χ4n) is 6.33. The summed E-state index contributed by atoms with van der Waals surface area (Å²) in [6.45, 7) is 23.3. The molecular weight excluding hydrogens is 757 g/mol. The van der Waals surface area contributed by atoms with Gasteiger partial charge in [-0.25, -0.2) is 0 Å². The van der Waals surface area contributed by atoms with Crippen LogP contribution in [0.3, 0.4) is 0 Å². The topological polar surface area (TPSA) is 0 Å². The summed E-state index contributed by atoms with van der Waals surface area (Å²) in [5, 5.41) is 0. The van der Waals surface area contributed by atoms with Gasteiger partial charge in [0, 0.05) is 10.8 Å². The number of allylic oxidation sites excluding steroid dienone is 16. The average Bonchev–Trinajstić information content (AvgIpc) is 3.56. The standard InChI is InChI=1S/C20H30.2C5H5.6CH3.4ClH.2Zr/c1-11-13(3)17(19(7,8)15(11)5)18-14(4)12(2)16(6)20(18,9)10;2*1-2-4-5-3-1;;;;;;;;;;;;/h1-10H3;2*1-3H,4H2;6*1H3;4*1H;;/q;;;;;;;;;;;;;2*+2/p-4. The van der Waals surface area contributed by atoms with E-state index in [0.29, 0.717) is 0 Å². The zero-order valence-electron chi connectivity index (χ0n) is 29.4. The van der Waals surface area contributed by atoms with E-state index in [1.807, 2.05) is 15.3 Å². The second-order valence-electron chi connectivity index (χ2n) is 16.4. The summed E-state index contributed by atoms with van der Waals surface area (Å²) in [7, 11) is 12.5. The van der Waals surface area contributed by atoms with Crippen LogP contribution in [0.2, 0.25) is 27.8 Å². The first-order valence-electron chi connectivity index (χ1n) is 15.1. The Bertz CT molecular complexity index is 1210. The molecule has 0 saturated carbocycles. The Morgan fingerprint density at radius 2 is 0.976 bits per heavy atom. The van der Waals surface area contributed by atoms with Gasteiger partial charge in [0.05, 0.1) is 0 Å². The van der Waals surface area contributed by atoms with Crippen LogP contribution in [-0.4, -0.2) is 0 Å². The van der Waals surface area contributed by atoms with Crippen LogP contribution in [-0.2, 0) is 35.2 Å². The van der Waals surface area contributed by atoms with Crippen LogP contribution in [0, 0.1) is 10.8 Å². The molecule has 0 fully saturated rings. The van der Waals surface area contributed by atoms with E-state index in [1.165, 1.54) is 43.1 Å².